The van der Waals surface area contributed by atoms with Crippen LogP contribution in [0.3, 0.4) is 0 Å². The molecule has 19 heavy (non-hydrogen) atoms. The molecule has 0 aliphatic heterocycles. The number of ether oxygens (including phenoxy) is 1. The number of nitrogens with two attached hydrogens (primary N) is 1. The van der Waals surface area contributed by atoms with Crippen LogP contribution in [0.1, 0.15) is 5.56 Å². The summed E-state index contributed by atoms with van der Waals surface area (Å²) in [5.41, 5.74) is 6.01. The molecule has 0 fully saturated rings. The number of nitro groups is 1. The molecule has 0 heterocycles. The fourth-order valence-corrected chi connectivity index (χ4v) is 1.57. The van der Waals surface area contributed by atoms with Gasteiger partial charge in [0.2, 0.25) is 0 Å². The summed E-state index contributed by atoms with van der Waals surface area (Å²) >= 11 is 0. The smallest absolute Gasteiger partial charge is 0.269 e. The molecule has 6 heteroatoms. The maximum Gasteiger partial charge on any atom is 0.269 e. The van der Waals surface area contributed by atoms with E-state index >= 15 is 0 Å². The average Bonchev–Trinajstić information content (AvgIpc) is 2.38. The molecule has 0 aromatic heterocycles. The van der Waals surface area contributed by atoms with Gasteiger partial charge in [-0.15, -0.1) is 0 Å². The summed E-state index contributed by atoms with van der Waals surface area (Å²) in [5, 5.41) is 10.5. The molecule has 0 saturated heterocycles. The van der Waals surface area contributed by atoms with Gasteiger partial charge < -0.3 is 10.5 Å². The van der Waals surface area contributed by atoms with Crippen LogP contribution in [-0.4, -0.2) is 4.92 Å². The summed E-state index contributed by atoms with van der Waals surface area (Å²) in [6, 6.07) is 9.70. The Morgan fingerprint density at radius 1 is 1.16 bits per heavy atom. The van der Waals surface area contributed by atoms with Crippen LogP contribution in [0.25, 0.3) is 0 Å². The van der Waals surface area contributed by atoms with Crippen LogP contribution in [0.5, 0.6) is 11.5 Å². The zero-order valence-corrected chi connectivity index (χ0v) is 9.88. The lowest BCUT2D eigenvalue weighted by atomic mass is 10.2. The Hall–Kier alpha value is -2.47. The van der Waals surface area contributed by atoms with Gasteiger partial charge in [0, 0.05) is 24.7 Å². The Balaban J connectivity index is 2.21. The number of nitrogens with zero attached hydrogens (tertiary/aromatic N) is 1. The van der Waals surface area contributed by atoms with Gasteiger partial charge in [-0.1, -0.05) is 0 Å². The van der Waals surface area contributed by atoms with E-state index in [1.54, 1.807) is 6.07 Å². The highest BCUT2D eigenvalue weighted by Crippen LogP contribution is 2.25. The highest BCUT2D eigenvalue weighted by molar-refractivity contribution is 5.39. The van der Waals surface area contributed by atoms with Gasteiger partial charge in [-0.2, -0.15) is 0 Å². The van der Waals surface area contributed by atoms with Crippen molar-refractivity contribution in [2.75, 3.05) is 0 Å². The van der Waals surface area contributed by atoms with E-state index in [1.807, 2.05) is 0 Å². The monoisotopic (exact) mass is 262 g/mol. The lowest BCUT2D eigenvalue weighted by molar-refractivity contribution is -0.384. The summed E-state index contributed by atoms with van der Waals surface area (Å²) in [7, 11) is 0. The first-order valence-corrected chi connectivity index (χ1v) is 5.50. The van der Waals surface area contributed by atoms with E-state index in [-0.39, 0.29) is 12.2 Å². The van der Waals surface area contributed by atoms with E-state index in [9.17, 15) is 14.5 Å². The van der Waals surface area contributed by atoms with Crippen molar-refractivity contribution < 1.29 is 14.1 Å². The second-order valence-electron chi connectivity index (χ2n) is 3.85. The molecule has 0 amide bonds. The maximum absolute atomic E-state index is 13.3. The van der Waals surface area contributed by atoms with Gasteiger partial charge in [-0.3, -0.25) is 10.1 Å². The maximum atomic E-state index is 13.3. The number of halogens is 1. The minimum absolute atomic E-state index is 0.0331. The summed E-state index contributed by atoms with van der Waals surface area (Å²) < 4.78 is 18.7. The van der Waals surface area contributed by atoms with Gasteiger partial charge in [-0.25, -0.2) is 4.39 Å². The predicted octanol–water partition coefficient (Wildman–Crippen LogP) is 2.98. The van der Waals surface area contributed by atoms with Crippen molar-refractivity contribution in [1.82, 2.24) is 0 Å². The van der Waals surface area contributed by atoms with Crippen molar-refractivity contribution in [3.63, 3.8) is 0 Å². The minimum Gasteiger partial charge on any atom is -0.457 e. The second-order valence-corrected chi connectivity index (χ2v) is 3.85. The molecule has 5 nitrogen and oxygen atoms in total. The molecule has 2 aromatic rings. The highest BCUT2D eigenvalue weighted by atomic mass is 19.1. The molecule has 0 spiro atoms. The van der Waals surface area contributed by atoms with E-state index < -0.39 is 10.7 Å². The SMILES string of the molecule is NCc1cc(F)cc(Oc2ccc([N+](=O)[O-])cc2)c1. The highest BCUT2D eigenvalue weighted by Gasteiger charge is 2.06. The van der Waals surface area contributed by atoms with E-state index in [2.05, 4.69) is 0 Å². The van der Waals surface area contributed by atoms with Crippen molar-refractivity contribution in [2.24, 2.45) is 5.73 Å². The second kappa shape index (κ2) is 5.45. The normalized spacial score (nSPS) is 10.2. The van der Waals surface area contributed by atoms with Crippen molar-refractivity contribution in [1.29, 1.82) is 0 Å². The molecule has 0 unspecified atom stereocenters. The predicted molar refractivity (Wildman–Crippen MR) is 67.5 cm³/mol. The molecule has 0 bridgehead atoms. The van der Waals surface area contributed by atoms with Crippen LogP contribution in [0.15, 0.2) is 42.5 Å². The van der Waals surface area contributed by atoms with Crippen LogP contribution >= 0.6 is 0 Å². The fraction of sp³-hybridized carbons (Fsp3) is 0.0769. The summed E-state index contributed by atoms with van der Waals surface area (Å²) in [6.07, 6.45) is 0. The van der Waals surface area contributed by atoms with Crippen molar-refractivity contribution in [3.8, 4) is 11.5 Å². The first-order chi connectivity index (χ1) is 9.08. The largest absolute Gasteiger partial charge is 0.457 e. The zero-order chi connectivity index (χ0) is 13.8. The van der Waals surface area contributed by atoms with Crippen LogP contribution in [0.2, 0.25) is 0 Å². The van der Waals surface area contributed by atoms with E-state index in [1.165, 1.54) is 36.4 Å². The quantitative estimate of drug-likeness (QED) is 0.678. The summed E-state index contributed by atoms with van der Waals surface area (Å²) in [6.45, 7) is 0.203. The van der Waals surface area contributed by atoms with Crippen molar-refractivity contribution in [3.05, 3.63) is 64.0 Å². The Kier molecular flexibility index (Phi) is 3.72. The molecule has 0 aliphatic carbocycles. The minimum atomic E-state index is -0.501. The van der Waals surface area contributed by atoms with E-state index in [0.717, 1.165) is 0 Å². The molecule has 0 radical (unpaired) electrons. The third-order valence-electron chi connectivity index (χ3n) is 2.45. The molecule has 0 atom stereocenters. The Morgan fingerprint density at radius 2 is 1.84 bits per heavy atom. The number of rotatable bonds is 4. The van der Waals surface area contributed by atoms with Gasteiger partial charge in [0.15, 0.2) is 0 Å². The van der Waals surface area contributed by atoms with Crippen molar-refractivity contribution in [2.45, 2.75) is 6.54 Å². The van der Waals surface area contributed by atoms with Gasteiger partial charge in [-0.05, 0) is 29.8 Å². The first-order valence-electron chi connectivity index (χ1n) is 5.50. The average molecular weight is 262 g/mol. The number of benzene rings is 2. The van der Waals surface area contributed by atoms with Gasteiger partial charge >= 0.3 is 0 Å². The molecule has 2 rings (SSSR count). The lowest BCUT2D eigenvalue weighted by Gasteiger charge is -2.07. The molecule has 0 aliphatic rings. The van der Waals surface area contributed by atoms with Gasteiger partial charge in [0.1, 0.15) is 17.3 Å². The zero-order valence-electron chi connectivity index (χ0n) is 9.88. The van der Waals surface area contributed by atoms with E-state index in [0.29, 0.717) is 17.1 Å². The molecule has 2 aromatic carbocycles. The molecular weight excluding hydrogens is 251 g/mol. The number of hydrogen-bond donors (Lipinski definition) is 1. The summed E-state index contributed by atoms with van der Waals surface area (Å²) in [5.74, 6) is 0.244. The van der Waals surface area contributed by atoms with E-state index in [4.69, 9.17) is 10.5 Å². The summed E-state index contributed by atoms with van der Waals surface area (Å²) in [4.78, 5) is 10.00. The number of hydrogen-bond acceptors (Lipinski definition) is 4. The molecular formula is C13H11FN2O3. The number of non-ortho nitro benzene ring substituents is 1. The lowest BCUT2D eigenvalue weighted by Crippen LogP contribution is -1.97. The molecule has 98 valence electrons. The van der Waals surface area contributed by atoms with Crippen LogP contribution in [0, 0.1) is 15.9 Å². The van der Waals surface area contributed by atoms with Crippen LogP contribution in [0.4, 0.5) is 10.1 Å². The fourth-order valence-electron chi connectivity index (χ4n) is 1.57. The molecule has 0 saturated carbocycles. The standard InChI is InChI=1S/C13H11FN2O3/c14-10-5-9(8-15)6-13(7-10)19-12-3-1-11(2-4-12)16(17)18/h1-7H,8,15H2. The first kappa shape index (κ1) is 13.0. The van der Waals surface area contributed by atoms with Gasteiger partial charge in [0.25, 0.3) is 5.69 Å². The topological polar surface area (TPSA) is 78.4 Å². The van der Waals surface area contributed by atoms with Crippen molar-refractivity contribution >= 4 is 5.69 Å². The van der Waals surface area contributed by atoms with Crippen LogP contribution < -0.4 is 10.5 Å². The third-order valence-corrected chi connectivity index (χ3v) is 2.45. The Bertz CT molecular complexity index is 599. The number of nitro benzene ring substituents is 1. The molecule has 2 N–H and O–H groups in total. The van der Waals surface area contributed by atoms with Crippen LogP contribution in [-0.2, 0) is 6.54 Å². The Labute approximate surface area is 108 Å². The van der Waals surface area contributed by atoms with Gasteiger partial charge in [0.05, 0.1) is 4.92 Å². The Morgan fingerprint density at radius 3 is 2.42 bits per heavy atom. The third kappa shape index (κ3) is 3.26.